The number of carbonyl (C=O) groups excluding carboxylic acids is 2. The quantitative estimate of drug-likeness (QED) is 0.753. The molecular formula is C17H14N2O3S. The molecule has 0 spiro atoms. The highest BCUT2D eigenvalue weighted by atomic mass is 32.1. The third-order valence-electron chi connectivity index (χ3n) is 3.18. The first-order valence-corrected chi connectivity index (χ1v) is 7.84. The summed E-state index contributed by atoms with van der Waals surface area (Å²) < 4.78 is 4.95. The average molecular weight is 326 g/mol. The summed E-state index contributed by atoms with van der Waals surface area (Å²) in [5.41, 5.74) is 2.08. The number of thiophene rings is 1. The van der Waals surface area contributed by atoms with Gasteiger partial charge in [-0.3, -0.25) is 9.59 Å². The monoisotopic (exact) mass is 326 g/mol. The van der Waals surface area contributed by atoms with E-state index >= 15 is 0 Å². The molecule has 3 aromatic rings. The predicted octanol–water partition coefficient (Wildman–Crippen LogP) is 3.52. The summed E-state index contributed by atoms with van der Waals surface area (Å²) in [5.74, 6) is -0.334. The molecule has 0 aliphatic heterocycles. The maximum atomic E-state index is 12.0. The van der Waals surface area contributed by atoms with E-state index in [1.165, 1.54) is 11.3 Å². The normalized spacial score (nSPS) is 10.3. The maximum Gasteiger partial charge on any atom is 0.265 e. The van der Waals surface area contributed by atoms with Crippen LogP contribution >= 0.6 is 11.3 Å². The lowest BCUT2D eigenvalue weighted by molar-refractivity contribution is 0.0950. The van der Waals surface area contributed by atoms with Gasteiger partial charge in [0.05, 0.1) is 17.4 Å². The number of nitrogens with one attached hydrogen (secondary N) is 2. The summed E-state index contributed by atoms with van der Waals surface area (Å²) >= 11 is 1.38. The fraction of sp³-hybridized carbons (Fsp3) is 0.0588. The molecule has 116 valence electrons. The largest absolute Gasteiger partial charge is 0.472 e. The minimum Gasteiger partial charge on any atom is -0.472 e. The SMILES string of the molecule is O=C(NCc1ccoc1)c1ccc(NC(=O)c2cccs2)cc1. The first-order valence-electron chi connectivity index (χ1n) is 6.96. The molecule has 0 aliphatic rings. The van der Waals surface area contributed by atoms with Crippen LogP contribution in [0.4, 0.5) is 5.69 Å². The average Bonchev–Trinajstić information content (AvgIpc) is 3.26. The first kappa shape index (κ1) is 15.1. The van der Waals surface area contributed by atoms with Gasteiger partial charge in [-0.25, -0.2) is 0 Å². The lowest BCUT2D eigenvalue weighted by atomic mass is 10.2. The van der Waals surface area contributed by atoms with Crippen molar-refractivity contribution >= 4 is 28.8 Å². The van der Waals surface area contributed by atoms with E-state index in [-0.39, 0.29) is 11.8 Å². The first-order chi connectivity index (χ1) is 11.2. The van der Waals surface area contributed by atoms with Crippen LogP contribution in [0.15, 0.2) is 64.8 Å². The highest BCUT2D eigenvalue weighted by Gasteiger charge is 2.09. The Morgan fingerprint density at radius 2 is 1.87 bits per heavy atom. The van der Waals surface area contributed by atoms with E-state index in [0.29, 0.717) is 22.7 Å². The molecule has 2 amide bonds. The minimum atomic E-state index is -0.178. The molecule has 0 saturated carbocycles. The van der Waals surface area contributed by atoms with Crippen molar-refractivity contribution in [1.29, 1.82) is 0 Å². The second-order valence-electron chi connectivity index (χ2n) is 4.82. The van der Waals surface area contributed by atoms with Crippen molar-refractivity contribution in [3.63, 3.8) is 0 Å². The minimum absolute atomic E-state index is 0.155. The third kappa shape index (κ3) is 3.87. The van der Waals surface area contributed by atoms with Gasteiger partial charge in [0.25, 0.3) is 11.8 Å². The van der Waals surface area contributed by atoms with E-state index in [4.69, 9.17) is 4.42 Å². The van der Waals surface area contributed by atoms with Gasteiger partial charge in [0, 0.05) is 23.4 Å². The number of rotatable bonds is 5. The Morgan fingerprint density at radius 3 is 2.52 bits per heavy atom. The molecule has 0 aliphatic carbocycles. The van der Waals surface area contributed by atoms with Gasteiger partial charge in [0.2, 0.25) is 0 Å². The van der Waals surface area contributed by atoms with Crippen LogP contribution in [0.2, 0.25) is 0 Å². The number of amides is 2. The lowest BCUT2D eigenvalue weighted by Crippen LogP contribution is -2.22. The fourth-order valence-electron chi connectivity index (χ4n) is 1.98. The Kier molecular flexibility index (Phi) is 4.54. The summed E-state index contributed by atoms with van der Waals surface area (Å²) in [6.07, 6.45) is 3.15. The molecule has 0 bridgehead atoms. The van der Waals surface area contributed by atoms with Crippen molar-refractivity contribution in [2.24, 2.45) is 0 Å². The van der Waals surface area contributed by atoms with Gasteiger partial charge in [-0.1, -0.05) is 6.07 Å². The van der Waals surface area contributed by atoms with Crippen LogP contribution in [0.3, 0.4) is 0 Å². The Balaban J connectivity index is 1.58. The van der Waals surface area contributed by atoms with Gasteiger partial charge < -0.3 is 15.1 Å². The van der Waals surface area contributed by atoms with E-state index in [2.05, 4.69) is 10.6 Å². The van der Waals surface area contributed by atoms with Gasteiger partial charge >= 0.3 is 0 Å². The Morgan fingerprint density at radius 1 is 1.04 bits per heavy atom. The second kappa shape index (κ2) is 6.93. The van der Waals surface area contributed by atoms with E-state index in [1.807, 2.05) is 11.4 Å². The van der Waals surface area contributed by atoms with E-state index in [9.17, 15) is 9.59 Å². The van der Waals surface area contributed by atoms with Gasteiger partial charge in [-0.15, -0.1) is 11.3 Å². The Bertz CT molecular complexity index is 778. The van der Waals surface area contributed by atoms with Crippen molar-refractivity contribution in [2.45, 2.75) is 6.54 Å². The summed E-state index contributed by atoms with van der Waals surface area (Å²) in [6, 6.07) is 12.1. The van der Waals surface area contributed by atoms with Crippen molar-refractivity contribution in [3.05, 3.63) is 76.4 Å². The lowest BCUT2D eigenvalue weighted by Gasteiger charge is -2.06. The molecular weight excluding hydrogens is 312 g/mol. The van der Waals surface area contributed by atoms with E-state index in [0.717, 1.165) is 5.56 Å². The van der Waals surface area contributed by atoms with Gasteiger partial charge in [-0.2, -0.15) is 0 Å². The number of furan rings is 1. The molecule has 0 atom stereocenters. The summed E-state index contributed by atoms with van der Waals surface area (Å²) in [6.45, 7) is 0.409. The van der Waals surface area contributed by atoms with E-state index in [1.54, 1.807) is 48.9 Å². The second-order valence-corrected chi connectivity index (χ2v) is 5.77. The predicted molar refractivity (Wildman–Crippen MR) is 88.6 cm³/mol. The smallest absolute Gasteiger partial charge is 0.265 e. The molecule has 1 aromatic carbocycles. The molecule has 2 N–H and O–H groups in total. The highest BCUT2D eigenvalue weighted by Crippen LogP contribution is 2.14. The maximum absolute atomic E-state index is 12.0. The van der Waals surface area contributed by atoms with Crippen LogP contribution in [0, 0.1) is 0 Å². The summed E-state index contributed by atoms with van der Waals surface area (Å²) in [4.78, 5) is 24.6. The third-order valence-corrected chi connectivity index (χ3v) is 4.05. The topological polar surface area (TPSA) is 71.3 Å². The van der Waals surface area contributed by atoms with Crippen LogP contribution in [0.1, 0.15) is 25.6 Å². The van der Waals surface area contributed by atoms with Gasteiger partial charge in [-0.05, 0) is 41.8 Å². The van der Waals surface area contributed by atoms with Gasteiger partial charge in [0.1, 0.15) is 0 Å². The summed E-state index contributed by atoms with van der Waals surface area (Å²) in [7, 11) is 0. The molecule has 23 heavy (non-hydrogen) atoms. The molecule has 3 rings (SSSR count). The number of carbonyl (C=O) groups is 2. The number of anilines is 1. The van der Waals surface area contributed by atoms with Crippen LogP contribution < -0.4 is 10.6 Å². The molecule has 0 saturated heterocycles. The van der Waals surface area contributed by atoms with Crippen LogP contribution in [-0.2, 0) is 6.54 Å². The Labute approximate surface area is 136 Å². The molecule has 0 radical (unpaired) electrons. The van der Waals surface area contributed by atoms with Crippen molar-refractivity contribution < 1.29 is 14.0 Å². The van der Waals surface area contributed by atoms with Crippen molar-refractivity contribution in [3.8, 4) is 0 Å². The Hall–Kier alpha value is -2.86. The zero-order chi connectivity index (χ0) is 16.1. The molecule has 5 nitrogen and oxygen atoms in total. The van der Waals surface area contributed by atoms with Crippen LogP contribution in [0.5, 0.6) is 0 Å². The zero-order valence-corrected chi connectivity index (χ0v) is 12.9. The van der Waals surface area contributed by atoms with Gasteiger partial charge in [0.15, 0.2) is 0 Å². The molecule has 6 heteroatoms. The zero-order valence-electron chi connectivity index (χ0n) is 12.1. The number of hydrogen-bond acceptors (Lipinski definition) is 4. The standard InChI is InChI=1S/C17H14N2O3S/c20-16(18-10-12-7-8-22-11-12)13-3-5-14(6-4-13)19-17(21)15-2-1-9-23-15/h1-9,11H,10H2,(H,18,20)(H,19,21). The highest BCUT2D eigenvalue weighted by molar-refractivity contribution is 7.12. The van der Waals surface area contributed by atoms with Crippen LogP contribution in [-0.4, -0.2) is 11.8 Å². The molecule has 2 aromatic heterocycles. The molecule has 0 unspecified atom stereocenters. The summed E-state index contributed by atoms with van der Waals surface area (Å²) in [5, 5.41) is 7.44. The fourth-order valence-corrected chi connectivity index (χ4v) is 2.60. The van der Waals surface area contributed by atoms with E-state index < -0.39 is 0 Å². The number of benzene rings is 1. The van der Waals surface area contributed by atoms with Crippen LogP contribution in [0.25, 0.3) is 0 Å². The molecule has 0 fully saturated rings. The van der Waals surface area contributed by atoms with Crippen molar-refractivity contribution in [2.75, 3.05) is 5.32 Å². The van der Waals surface area contributed by atoms with Crippen molar-refractivity contribution in [1.82, 2.24) is 5.32 Å². The molecule has 2 heterocycles. The number of hydrogen-bond donors (Lipinski definition) is 2.